The molecule has 0 amide bonds. The summed E-state index contributed by atoms with van der Waals surface area (Å²) in [6.45, 7) is 0. The summed E-state index contributed by atoms with van der Waals surface area (Å²) in [4.78, 5) is 12.1. The molecule has 0 fully saturated rings. The molecular weight excluding hydrogens is 343 g/mol. The van der Waals surface area contributed by atoms with Gasteiger partial charge >= 0.3 is 0 Å². The quantitative estimate of drug-likeness (QED) is 0.489. The number of benzene rings is 3. The molecule has 0 radical (unpaired) electrons. The second-order valence-electron chi connectivity index (χ2n) is 6.11. The molecule has 0 atom stereocenters. The molecule has 0 aliphatic rings. The molecule has 5 aromatic rings. The van der Waals surface area contributed by atoms with Crippen molar-refractivity contribution in [2.45, 2.75) is 0 Å². The van der Waals surface area contributed by atoms with E-state index in [1.165, 1.54) is 12.1 Å². The Hall–Kier alpha value is -3.80. The zero-order chi connectivity index (χ0) is 18.2. The number of halogens is 1. The topological polar surface area (TPSA) is 67.6 Å². The summed E-state index contributed by atoms with van der Waals surface area (Å²) in [5, 5.41) is 4.06. The molecule has 0 saturated carbocycles. The molecule has 5 rings (SSSR count). The van der Waals surface area contributed by atoms with Crippen LogP contribution in [0.5, 0.6) is 0 Å². The Morgan fingerprint density at radius 1 is 0.778 bits per heavy atom. The number of nitrogens with one attached hydrogen (secondary N) is 1. The van der Waals surface area contributed by atoms with E-state index < -0.39 is 0 Å². The highest BCUT2D eigenvalue weighted by molar-refractivity contribution is 5.79. The smallest absolute Gasteiger partial charge is 0.258 e. The largest absolute Gasteiger partial charge is 0.338 e. The maximum Gasteiger partial charge on any atom is 0.258 e. The molecular formula is C21H13FN4O. The molecule has 130 valence electrons. The van der Waals surface area contributed by atoms with Gasteiger partial charge in [0.25, 0.3) is 5.89 Å². The van der Waals surface area contributed by atoms with E-state index >= 15 is 0 Å². The van der Waals surface area contributed by atoms with E-state index in [1.54, 1.807) is 6.07 Å². The number of hydrogen-bond donors (Lipinski definition) is 1. The van der Waals surface area contributed by atoms with Gasteiger partial charge < -0.3 is 9.51 Å². The van der Waals surface area contributed by atoms with Gasteiger partial charge in [-0.3, -0.25) is 0 Å². The molecule has 1 N–H and O–H groups in total. The first kappa shape index (κ1) is 15.5. The van der Waals surface area contributed by atoms with E-state index in [-0.39, 0.29) is 5.82 Å². The zero-order valence-corrected chi connectivity index (χ0v) is 14.1. The van der Waals surface area contributed by atoms with Crippen LogP contribution in [-0.2, 0) is 0 Å². The van der Waals surface area contributed by atoms with E-state index in [9.17, 15) is 4.39 Å². The van der Waals surface area contributed by atoms with Crippen molar-refractivity contribution in [3.63, 3.8) is 0 Å². The summed E-state index contributed by atoms with van der Waals surface area (Å²) in [6.07, 6.45) is 0. The van der Waals surface area contributed by atoms with Gasteiger partial charge in [-0.2, -0.15) is 4.98 Å². The molecule has 0 bridgehead atoms. The van der Waals surface area contributed by atoms with Crippen LogP contribution >= 0.6 is 0 Å². The van der Waals surface area contributed by atoms with Crippen LogP contribution in [0, 0.1) is 5.82 Å². The number of rotatable bonds is 3. The van der Waals surface area contributed by atoms with Crippen LogP contribution in [0.2, 0.25) is 0 Å². The molecule has 0 spiro atoms. The average Bonchev–Trinajstić information content (AvgIpc) is 3.36. The predicted octanol–water partition coefficient (Wildman–Crippen LogP) is 5.09. The van der Waals surface area contributed by atoms with E-state index in [0.717, 1.165) is 22.2 Å². The van der Waals surface area contributed by atoms with Gasteiger partial charge in [0, 0.05) is 22.8 Å². The fraction of sp³-hybridized carbons (Fsp3) is 0. The van der Waals surface area contributed by atoms with Gasteiger partial charge in [-0.05, 0) is 24.3 Å². The lowest BCUT2D eigenvalue weighted by Gasteiger charge is -1.98. The molecule has 0 saturated heterocycles. The van der Waals surface area contributed by atoms with Gasteiger partial charge in [-0.15, -0.1) is 0 Å². The lowest BCUT2D eigenvalue weighted by Crippen LogP contribution is -1.84. The Labute approximate surface area is 153 Å². The summed E-state index contributed by atoms with van der Waals surface area (Å²) >= 11 is 0. The van der Waals surface area contributed by atoms with Gasteiger partial charge in [0.2, 0.25) is 5.82 Å². The van der Waals surface area contributed by atoms with Crippen molar-refractivity contribution in [1.82, 2.24) is 20.1 Å². The molecule has 2 aromatic heterocycles. The van der Waals surface area contributed by atoms with Crippen LogP contribution in [0.4, 0.5) is 4.39 Å². The van der Waals surface area contributed by atoms with Crippen molar-refractivity contribution in [3.8, 4) is 34.2 Å². The SMILES string of the molecule is Fc1ccc2[nH]c(-c3ccc(-c4noc(-c5ccccc5)n4)cc3)nc2c1. The Morgan fingerprint density at radius 2 is 1.56 bits per heavy atom. The molecule has 0 aliphatic carbocycles. The highest BCUT2D eigenvalue weighted by Crippen LogP contribution is 2.25. The predicted molar refractivity (Wildman–Crippen MR) is 100 cm³/mol. The lowest BCUT2D eigenvalue weighted by molar-refractivity contribution is 0.432. The minimum absolute atomic E-state index is 0.303. The number of fused-ring (bicyclic) bond motifs is 1. The zero-order valence-electron chi connectivity index (χ0n) is 14.1. The Morgan fingerprint density at radius 3 is 2.37 bits per heavy atom. The maximum atomic E-state index is 13.3. The first-order valence-electron chi connectivity index (χ1n) is 8.41. The standard InChI is InChI=1S/C21H13FN4O/c22-16-10-11-17-18(12-16)24-19(23-17)13-6-8-14(9-7-13)20-25-21(27-26-20)15-4-2-1-3-5-15/h1-12H,(H,23,24). The third-order valence-electron chi connectivity index (χ3n) is 4.31. The molecule has 2 heterocycles. The van der Waals surface area contributed by atoms with Crippen molar-refractivity contribution in [2.75, 3.05) is 0 Å². The van der Waals surface area contributed by atoms with Crippen molar-refractivity contribution in [1.29, 1.82) is 0 Å². The van der Waals surface area contributed by atoms with E-state index in [1.807, 2.05) is 54.6 Å². The summed E-state index contributed by atoms with van der Waals surface area (Å²) in [6, 6.07) is 21.8. The number of hydrogen-bond acceptors (Lipinski definition) is 4. The normalized spacial score (nSPS) is 11.1. The Kier molecular flexibility index (Phi) is 3.53. The van der Waals surface area contributed by atoms with Crippen molar-refractivity contribution >= 4 is 11.0 Å². The van der Waals surface area contributed by atoms with Crippen molar-refractivity contribution in [3.05, 3.63) is 78.6 Å². The second kappa shape index (κ2) is 6.17. The third kappa shape index (κ3) is 2.87. The van der Waals surface area contributed by atoms with Crippen LogP contribution in [0.25, 0.3) is 45.3 Å². The Bertz CT molecular complexity index is 1230. The average molecular weight is 356 g/mol. The first-order chi connectivity index (χ1) is 13.3. The van der Waals surface area contributed by atoms with Gasteiger partial charge in [-0.25, -0.2) is 9.37 Å². The Balaban J connectivity index is 1.45. The maximum absolute atomic E-state index is 13.3. The molecule has 27 heavy (non-hydrogen) atoms. The number of imidazole rings is 1. The molecule has 3 aromatic carbocycles. The monoisotopic (exact) mass is 356 g/mol. The van der Waals surface area contributed by atoms with E-state index in [2.05, 4.69) is 20.1 Å². The van der Waals surface area contributed by atoms with Gasteiger partial charge in [-0.1, -0.05) is 47.6 Å². The summed E-state index contributed by atoms with van der Waals surface area (Å²) in [5.41, 5.74) is 4.00. The van der Waals surface area contributed by atoms with Crippen LogP contribution < -0.4 is 0 Å². The number of H-pyrrole nitrogens is 1. The fourth-order valence-electron chi connectivity index (χ4n) is 2.93. The number of nitrogens with zero attached hydrogens (tertiary/aromatic N) is 3. The number of aromatic nitrogens is 4. The van der Waals surface area contributed by atoms with E-state index in [4.69, 9.17) is 4.52 Å². The molecule has 0 unspecified atom stereocenters. The van der Waals surface area contributed by atoms with Crippen LogP contribution in [0.1, 0.15) is 0 Å². The minimum Gasteiger partial charge on any atom is -0.338 e. The summed E-state index contributed by atoms with van der Waals surface area (Å²) < 4.78 is 18.7. The summed E-state index contributed by atoms with van der Waals surface area (Å²) in [7, 11) is 0. The molecule has 0 aliphatic heterocycles. The fourth-order valence-corrected chi connectivity index (χ4v) is 2.93. The third-order valence-corrected chi connectivity index (χ3v) is 4.31. The van der Waals surface area contributed by atoms with Crippen LogP contribution in [0.3, 0.4) is 0 Å². The van der Waals surface area contributed by atoms with Crippen LogP contribution in [0.15, 0.2) is 77.3 Å². The van der Waals surface area contributed by atoms with Crippen molar-refractivity contribution in [2.24, 2.45) is 0 Å². The van der Waals surface area contributed by atoms with Crippen molar-refractivity contribution < 1.29 is 8.91 Å². The molecule has 5 nitrogen and oxygen atoms in total. The second-order valence-corrected chi connectivity index (χ2v) is 6.11. The van der Waals surface area contributed by atoms with Crippen LogP contribution in [-0.4, -0.2) is 20.1 Å². The van der Waals surface area contributed by atoms with E-state index in [0.29, 0.717) is 23.1 Å². The van der Waals surface area contributed by atoms with Gasteiger partial charge in [0.15, 0.2) is 0 Å². The highest BCUT2D eigenvalue weighted by Gasteiger charge is 2.11. The van der Waals surface area contributed by atoms with Gasteiger partial charge in [0.1, 0.15) is 11.6 Å². The first-order valence-corrected chi connectivity index (χ1v) is 8.41. The molecule has 6 heteroatoms. The number of aromatic amines is 1. The minimum atomic E-state index is -0.303. The highest BCUT2D eigenvalue weighted by atomic mass is 19.1. The summed E-state index contributed by atoms with van der Waals surface area (Å²) in [5.74, 6) is 1.38. The van der Waals surface area contributed by atoms with Gasteiger partial charge in [0.05, 0.1) is 11.0 Å². The lowest BCUT2D eigenvalue weighted by atomic mass is 10.1.